The van der Waals surface area contributed by atoms with Crippen LogP contribution in [0.5, 0.6) is 11.5 Å². The van der Waals surface area contributed by atoms with Gasteiger partial charge < -0.3 is 19.4 Å². The number of carbonyl (C=O) groups is 1. The fourth-order valence-corrected chi connectivity index (χ4v) is 3.27. The van der Waals surface area contributed by atoms with Crippen LogP contribution < -0.4 is 14.8 Å². The fraction of sp³-hybridized carbons (Fsp3) is 0.217. The van der Waals surface area contributed by atoms with E-state index >= 15 is 0 Å². The monoisotopic (exact) mass is 389 g/mol. The molecule has 0 spiro atoms. The van der Waals surface area contributed by atoms with Gasteiger partial charge in [-0.05, 0) is 41.5 Å². The minimum Gasteiger partial charge on any atom is -0.454 e. The van der Waals surface area contributed by atoms with Crippen LogP contribution in [0.1, 0.15) is 36.7 Å². The highest BCUT2D eigenvalue weighted by Gasteiger charge is 2.12. The third kappa shape index (κ3) is 4.48. The maximum absolute atomic E-state index is 12.3. The Kier molecular flexibility index (Phi) is 5.33. The van der Waals surface area contributed by atoms with E-state index < -0.39 is 0 Å². The van der Waals surface area contributed by atoms with Crippen molar-refractivity contribution in [1.29, 1.82) is 0 Å². The molecule has 1 amide bonds. The lowest BCUT2D eigenvalue weighted by Gasteiger charge is -2.11. The Labute approximate surface area is 169 Å². The number of fused-ring (bicyclic) bond motifs is 1. The number of nitrogens with zero attached hydrogens (tertiary/aromatic N) is 2. The van der Waals surface area contributed by atoms with Crippen molar-refractivity contribution < 1.29 is 14.3 Å². The van der Waals surface area contributed by atoms with Crippen molar-refractivity contribution in [3.05, 3.63) is 77.9 Å². The first-order valence-corrected chi connectivity index (χ1v) is 9.57. The average Bonchev–Trinajstić information content (AvgIpc) is 3.35. The molecule has 0 saturated heterocycles. The lowest BCUT2D eigenvalue weighted by atomic mass is 10.1. The molecule has 1 aromatic heterocycles. The summed E-state index contributed by atoms with van der Waals surface area (Å²) in [4.78, 5) is 16.7. The van der Waals surface area contributed by atoms with Crippen molar-refractivity contribution in [3.8, 4) is 11.5 Å². The van der Waals surface area contributed by atoms with E-state index in [1.807, 2.05) is 54.9 Å². The summed E-state index contributed by atoms with van der Waals surface area (Å²) in [5.74, 6) is 2.63. The number of carbonyl (C=O) groups excluding carboxylic acids is 1. The van der Waals surface area contributed by atoms with Crippen molar-refractivity contribution in [3.63, 3.8) is 0 Å². The number of anilines is 1. The molecule has 0 atom stereocenters. The molecule has 0 fully saturated rings. The summed E-state index contributed by atoms with van der Waals surface area (Å²) < 4.78 is 12.8. The first kappa shape index (κ1) is 18.8. The van der Waals surface area contributed by atoms with Gasteiger partial charge in [-0.15, -0.1) is 0 Å². The van der Waals surface area contributed by atoms with Gasteiger partial charge in [0.1, 0.15) is 5.82 Å². The zero-order chi connectivity index (χ0) is 20.2. The average molecular weight is 389 g/mol. The molecule has 2 aromatic carbocycles. The van der Waals surface area contributed by atoms with Crippen molar-refractivity contribution >= 4 is 17.7 Å². The number of amides is 1. The van der Waals surface area contributed by atoms with E-state index in [0.717, 1.165) is 28.4 Å². The van der Waals surface area contributed by atoms with E-state index in [4.69, 9.17) is 9.47 Å². The number of hydrogen-bond donors (Lipinski definition) is 1. The Balaban J connectivity index is 1.41. The van der Waals surface area contributed by atoms with Crippen molar-refractivity contribution in [2.24, 2.45) is 0 Å². The molecule has 6 nitrogen and oxygen atoms in total. The zero-order valence-corrected chi connectivity index (χ0v) is 16.5. The molecule has 3 aromatic rings. The Morgan fingerprint density at radius 1 is 1.21 bits per heavy atom. The van der Waals surface area contributed by atoms with Crippen LogP contribution in [-0.2, 0) is 11.3 Å². The predicted octanol–water partition coefficient (Wildman–Crippen LogP) is 4.44. The molecule has 1 aliphatic rings. The minimum atomic E-state index is -0.190. The van der Waals surface area contributed by atoms with Gasteiger partial charge >= 0.3 is 0 Å². The molecule has 0 radical (unpaired) electrons. The minimum absolute atomic E-state index is 0.190. The summed E-state index contributed by atoms with van der Waals surface area (Å²) in [6, 6.07) is 13.4. The fourth-order valence-electron chi connectivity index (χ4n) is 3.27. The highest BCUT2D eigenvalue weighted by atomic mass is 16.7. The molecule has 1 N–H and O–H groups in total. The summed E-state index contributed by atoms with van der Waals surface area (Å²) in [6.07, 6.45) is 7.06. The number of benzene rings is 2. The molecule has 4 rings (SSSR count). The third-order valence-electron chi connectivity index (χ3n) is 4.64. The molecule has 0 bridgehead atoms. The topological polar surface area (TPSA) is 65.4 Å². The van der Waals surface area contributed by atoms with E-state index in [0.29, 0.717) is 18.2 Å². The molecule has 2 heterocycles. The quantitative estimate of drug-likeness (QED) is 0.633. The van der Waals surface area contributed by atoms with Crippen LogP contribution in [0.2, 0.25) is 0 Å². The van der Waals surface area contributed by atoms with Crippen LogP contribution in [0, 0.1) is 0 Å². The van der Waals surface area contributed by atoms with Crippen molar-refractivity contribution in [2.45, 2.75) is 26.3 Å². The maximum atomic E-state index is 12.3. The highest BCUT2D eigenvalue weighted by molar-refractivity contribution is 6.02. The van der Waals surface area contributed by atoms with E-state index in [9.17, 15) is 4.79 Å². The van der Waals surface area contributed by atoms with Gasteiger partial charge in [0.2, 0.25) is 12.7 Å². The molecular weight excluding hydrogens is 366 g/mol. The number of hydrogen-bond acceptors (Lipinski definition) is 4. The third-order valence-corrected chi connectivity index (χ3v) is 4.64. The highest BCUT2D eigenvalue weighted by Crippen LogP contribution is 2.32. The van der Waals surface area contributed by atoms with Crippen LogP contribution >= 0.6 is 0 Å². The lowest BCUT2D eigenvalue weighted by molar-refractivity contribution is -0.111. The predicted molar refractivity (Wildman–Crippen MR) is 112 cm³/mol. The molecule has 148 valence electrons. The SMILES string of the molecule is CC(C)c1nccn1Cc1cccc(NC(=O)/C=C/c2ccc3c(c2)OCO3)c1. The number of rotatable bonds is 6. The Bertz CT molecular complexity index is 1050. The molecule has 1 aliphatic heterocycles. The largest absolute Gasteiger partial charge is 0.454 e. The summed E-state index contributed by atoms with van der Waals surface area (Å²) in [7, 11) is 0. The number of ether oxygens (including phenoxy) is 2. The van der Waals surface area contributed by atoms with Crippen LogP contribution in [0.4, 0.5) is 5.69 Å². The smallest absolute Gasteiger partial charge is 0.248 e. The van der Waals surface area contributed by atoms with Crippen LogP contribution in [0.25, 0.3) is 6.08 Å². The number of imidazole rings is 1. The van der Waals surface area contributed by atoms with Gasteiger partial charge in [-0.25, -0.2) is 4.98 Å². The summed E-state index contributed by atoms with van der Waals surface area (Å²) in [6.45, 7) is 5.20. The Morgan fingerprint density at radius 2 is 2.07 bits per heavy atom. The second kappa shape index (κ2) is 8.22. The normalized spacial score (nSPS) is 12.7. The second-order valence-electron chi connectivity index (χ2n) is 7.20. The van der Waals surface area contributed by atoms with Gasteiger partial charge in [0, 0.05) is 36.6 Å². The van der Waals surface area contributed by atoms with Gasteiger partial charge in [-0.2, -0.15) is 0 Å². The first-order chi connectivity index (χ1) is 14.1. The number of aromatic nitrogens is 2. The first-order valence-electron chi connectivity index (χ1n) is 9.57. The molecule has 6 heteroatoms. The summed E-state index contributed by atoms with van der Waals surface area (Å²) in [5, 5.41) is 2.92. The van der Waals surface area contributed by atoms with Crippen molar-refractivity contribution in [2.75, 3.05) is 12.1 Å². The molecule has 0 aliphatic carbocycles. The van der Waals surface area contributed by atoms with E-state index in [1.165, 1.54) is 6.08 Å². The van der Waals surface area contributed by atoms with Gasteiger partial charge in [0.15, 0.2) is 11.5 Å². The maximum Gasteiger partial charge on any atom is 0.248 e. The summed E-state index contributed by atoms with van der Waals surface area (Å²) in [5.41, 5.74) is 2.73. The van der Waals surface area contributed by atoms with E-state index in [2.05, 4.69) is 28.7 Å². The standard InChI is InChI=1S/C23H23N3O3/c1-16(2)23-24-10-11-26(23)14-18-4-3-5-19(12-18)25-22(27)9-7-17-6-8-20-21(13-17)29-15-28-20/h3-13,16H,14-15H2,1-2H3,(H,25,27)/b9-7+. The molecule has 29 heavy (non-hydrogen) atoms. The van der Waals surface area contributed by atoms with Crippen LogP contribution in [0.3, 0.4) is 0 Å². The van der Waals surface area contributed by atoms with Gasteiger partial charge in [-0.3, -0.25) is 4.79 Å². The van der Waals surface area contributed by atoms with Gasteiger partial charge in [0.25, 0.3) is 0 Å². The molecule has 0 saturated carbocycles. The lowest BCUT2D eigenvalue weighted by Crippen LogP contribution is -2.09. The second-order valence-corrected chi connectivity index (χ2v) is 7.20. The zero-order valence-electron chi connectivity index (χ0n) is 16.5. The Morgan fingerprint density at radius 3 is 2.93 bits per heavy atom. The van der Waals surface area contributed by atoms with Gasteiger partial charge in [-0.1, -0.05) is 32.0 Å². The van der Waals surface area contributed by atoms with Crippen LogP contribution in [-0.4, -0.2) is 22.3 Å². The summed E-state index contributed by atoms with van der Waals surface area (Å²) >= 11 is 0. The van der Waals surface area contributed by atoms with E-state index in [1.54, 1.807) is 6.08 Å². The molecular formula is C23H23N3O3. The molecule has 0 unspecified atom stereocenters. The van der Waals surface area contributed by atoms with E-state index in [-0.39, 0.29) is 12.7 Å². The van der Waals surface area contributed by atoms with Crippen LogP contribution in [0.15, 0.2) is 60.9 Å². The Hall–Kier alpha value is -3.54. The number of nitrogens with one attached hydrogen (secondary N) is 1. The van der Waals surface area contributed by atoms with Crippen molar-refractivity contribution in [1.82, 2.24) is 9.55 Å². The van der Waals surface area contributed by atoms with Gasteiger partial charge in [0.05, 0.1) is 0 Å².